The van der Waals surface area contributed by atoms with Gasteiger partial charge in [0.25, 0.3) is 0 Å². The third-order valence-corrected chi connectivity index (χ3v) is 5.52. The Hall–Kier alpha value is -3.58. The number of benzene rings is 1. The highest BCUT2D eigenvalue weighted by atomic mass is 19.4. The number of carbonyl (C=O) groups is 1. The number of hydrogen-bond donors (Lipinski definition) is 0. The molecule has 200 valence electrons. The summed E-state index contributed by atoms with van der Waals surface area (Å²) in [5, 5.41) is 4.18. The first kappa shape index (κ1) is 26.5. The van der Waals surface area contributed by atoms with Crippen molar-refractivity contribution in [2.24, 2.45) is 0 Å². The van der Waals surface area contributed by atoms with E-state index in [1.54, 1.807) is 25.7 Å². The molecule has 0 bridgehead atoms. The molecule has 3 heterocycles. The van der Waals surface area contributed by atoms with Crippen LogP contribution < -0.4 is 4.74 Å². The van der Waals surface area contributed by atoms with Gasteiger partial charge in [-0.25, -0.2) is 19.4 Å². The van der Waals surface area contributed by atoms with Crippen LogP contribution in [0, 0.1) is 0 Å². The monoisotopic (exact) mass is 531 g/mol. The molecule has 8 nitrogen and oxygen atoms in total. The smallest absolute Gasteiger partial charge is 0.416 e. The summed E-state index contributed by atoms with van der Waals surface area (Å²) in [6, 6.07) is 1.18. The first-order valence-electron chi connectivity index (χ1n) is 11.2. The molecule has 1 aromatic carbocycles. The van der Waals surface area contributed by atoms with E-state index in [4.69, 9.17) is 9.47 Å². The molecule has 0 N–H and O–H groups in total. The van der Waals surface area contributed by atoms with Crippen LogP contribution in [0.1, 0.15) is 44.7 Å². The minimum absolute atomic E-state index is 0.0244. The molecule has 1 aliphatic rings. The Balaban J connectivity index is 1.58. The Bertz CT molecular complexity index is 1260. The number of amides is 1. The molecular weight excluding hydrogens is 508 g/mol. The summed E-state index contributed by atoms with van der Waals surface area (Å²) in [6.07, 6.45) is -7.56. The Kier molecular flexibility index (Phi) is 6.71. The lowest BCUT2D eigenvalue weighted by atomic mass is 10.1. The molecule has 0 atom stereocenters. The van der Waals surface area contributed by atoms with Gasteiger partial charge in [-0.2, -0.15) is 31.4 Å². The molecule has 0 radical (unpaired) electrons. The molecular formula is C23H23F6N5O3. The molecule has 37 heavy (non-hydrogen) atoms. The number of alkyl halides is 6. The fraction of sp³-hybridized carbons (Fsp3) is 0.478. The molecule has 3 aromatic rings. The van der Waals surface area contributed by atoms with E-state index < -0.39 is 40.9 Å². The van der Waals surface area contributed by atoms with E-state index in [9.17, 15) is 31.1 Å². The zero-order valence-corrected chi connectivity index (χ0v) is 20.0. The van der Waals surface area contributed by atoms with Gasteiger partial charge < -0.3 is 14.4 Å². The van der Waals surface area contributed by atoms with Gasteiger partial charge in [0.2, 0.25) is 5.88 Å². The van der Waals surface area contributed by atoms with Gasteiger partial charge in [0.1, 0.15) is 23.4 Å². The van der Waals surface area contributed by atoms with Gasteiger partial charge in [0.05, 0.1) is 23.0 Å². The summed E-state index contributed by atoms with van der Waals surface area (Å²) < 4.78 is 92.0. The summed E-state index contributed by atoms with van der Waals surface area (Å²) in [4.78, 5) is 21.9. The lowest BCUT2D eigenvalue weighted by molar-refractivity contribution is -0.143. The maximum absolute atomic E-state index is 13.3. The molecule has 1 amide bonds. The molecule has 1 saturated heterocycles. The third kappa shape index (κ3) is 6.05. The van der Waals surface area contributed by atoms with Crippen molar-refractivity contribution in [3.63, 3.8) is 0 Å². The quantitative estimate of drug-likeness (QED) is 0.408. The van der Waals surface area contributed by atoms with E-state index in [2.05, 4.69) is 15.1 Å². The normalized spacial score (nSPS) is 15.8. The zero-order chi connectivity index (χ0) is 27.2. The molecule has 4 rings (SSSR count). The maximum Gasteiger partial charge on any atom is 0.416 e. The van der Waals surface area contributed by atoms with Crippen LogP contribution in [-0.4, -0.2) is 55.5 Å². The van der Waals surface area contributed by atoms with Crippen LogP contribution in [0.3, 0.4) is 0 Å². The van der Waals surface area contributed by atoms with Gasteiger partial charge in [-0.1, -0.05) is 0 Å². The van der Waals surface area contributed by atoms with Crippen LogP contribution in [0.4, 0.5) is 31.1 Å². The average molecular weight is 531 g/mol. The number of carbonyl (C=O) groups excluding carboxylic acids is 1. The Labute approximate surface area is 207 Å². The third-order valence-electron chi connectivity index (χ3n) is 5.52. The van der Waals surface area contributed by atoms with E-state index in [-0.39, 0.29) is 29.1 Å². The standard InChI is InChI=1S/C23H23F6N5O3/c1-21(2,3)37-20(35)33-6-4-16(5-7-33)36-19-17-11-32-34(18(17)30-12-31-19)15-9-13(22(24,25)26)8-14(10-15)23(27,28)29/h8-12,16H,4-7H2,1-3H3. The molecule has 0 spiro atoms. The number of aromatic nitrogens is 4. The van der Waals surface area contributed by atoms with Crippen molar-refractivity contribution in [3.05, 3.63) is 41.9 Å². The van der Waals surface area contributed by atoms with Crippen molar-refractivity contribution >= 4 is 17.1 Å². The molecule has 14 heteroatoms. The number of fused-ring (bicyclic) bond motifs is 1. The number of halogens is 6. The largest absolute Gasteiger partial charge is 0.474 e. The van der Waals surface area contributed by atoms with Crippen molar-refractivity contribution in [3.8, 4) is 11.6 Å². The van der Waals surface area contributed by atoms with Crippen LogP contribution in [-0.2, 0) is 17.1 Å². The van der Waals surface area contributed by atoms with Crippen LogP contribution in [0.2, 0.25) is 0 Å². The highest BCUT2D eigenvalue weighted by Crippen LogP contribution is 2.37. The summed E-state index contributed by atoms with van der Waals surface area (Å²) in [7, 11) is 0. The van der Waals surface area contributed by atoms with E-state index in [0.717, 1.165) is 11.0 Å². The lowest BCUT2D eigenvalue weighted by Gasteiger charge is -2.33. The lowest BCUT2D eigenvalue weighted by Crippen LogP contribution is -2.44. The number of nitrogens with zero attached hydrogens (tertiary/aromatic N) is 5. The van der Waals surface area contributed by atoms with Gasteiger partial charge in [0.15, 0.2) is 5.65 Å². The summed E-state index contributed by atoms with van der Waals surface area (Å²) in [5.74, 6) is 0.0787. The Morgan fingerprint density at radius 2 is 1.54 bits per heavy atom. The summed E-state index contributed by atoms with van der Waals surface area (Å²) >= 11 is 0. The Morgan fingerprint density at radius 3 is 2.08 bits per heavy atom. The molecule has 2 aromatic heterocycles. The second-order valence-electron chi connectivity index (χ2n) is 9.52. The summed E-state index contributed by atoms with van der Waals surface area (Å²) in [6.45, 7) is 6.05. The zero-order valence-electron chi connectivity index (χ0n) is 20.0. The maximum atomic E-state index is 13.3. The molecule has 1 aliphatic heterocycles. The van der Waals surface area contributed by atoms with E-state index in [1.807, 2.05) is 0 Å². The number of rotatable bonds is 3. The van der Waals surface area contributed by atoms with Crippen molar-refractivity contribution in [1.29, 1.82) is 0 Å². The molecule has 1 fully saturated rings. The molecule has 0 saturated carbocycles. The van der Waals surface area contributed by atoms with Crippen LogP contribution in [0.5, 0.6) is 5.88 Å². The van der Waals surface area contributed by atoms with Crippen molar-refractivity contribution in [2.45, 2.75) is 57.7 Å². The minimum Gasteiger partial charge on any atom is -0.474 e. The number of piperidine rings is 1. The average Bonchev–Trinajstić information content (AvgIpc) is 3.22. The first-order chi connectivity index (χ1) is 17.1. The van der Waals surface area contributed by atoms with Crippen molar-refractivity contribution in [2.75, 3.05) is 13.1 Å². The predicted octanol–water partition coefficient (Wildman–Crippen LogP) is 5.63. The topological polar surface area (TPSA) is 82.4 Å². The second kappa shape index (κ2) is 9.38. The highest BCUT2D eigenvalue weighted by molar-refractivity contribution is 5.81. The van der Waals surface area contributed by atoms with E-state index in [1.165, 1.54) is 6.20 Å². The van der Waals surface area contributed by atoms with Gasteiger partial charge >= 0.3 is 18.4 Å². The second-order valence-corrected chi connectivity index (χ2v) is 9.52. The SMILES string of the molecule is CC(C)(C)OC(=O)N1CCC(Oc2ncnc3c2cnn3-c2cc(C(F)(F)F)cc(C(F)(F)F)c2)CC1. The fourth-order valence-corrected chi connectivity index (χ4v) is 3.81. The van der Waals surface area contributed by atoms with Crippen molar-refractivity contribution in [1.82, 2.24) is 24.6 Å². The number of ether oxygens (including phenoxy) is 2. The molecule has 0 unspecified atom stereocenters. The number of hydrogen-bond acceptors (Lipinski definition) is 6. The van der Waals surface area contributed by atoms with E-state index in [0.29, 0.717) is 38.1 Å². The van der Waals surface area contributed by atoms with Gasteiger partial charge in [-0.3, -0.25) is 0 Å². The Morgan fingerprint density at radius 1 is 0.946 bits per heavy atom. The summed E-state index contributed by atoms with van der Waals surface area (Å²) in [5.41, 5.74) is -4.06. The first-order valence-corrected chi connectivity index (χ1v) is 11.2. The van der Waals surface area contributed by atoms with Gasteiger partial charge in [-0.05, 0) is 39.0 Å². The fourth-order valence-electron chi connectivity index (χ4n) is 3.81. The van der Waals surface area contributed by atoms with Crippen molar-refractivity contribution < 1.29 is 40.6 Å². The van der Waals surface area contributed by atoms with E-state index >= 15 is 0 Å². The van der Waals surface area contributed by atoms with Gasteiger partial charge in [0, 0.05) is 25.9 Å². The minimum atomic E-state index is -5.00. The van der Waals surface area contributed by atoms with Crippen LogP contribution in [0.25, 0.3) is 16.7 Å². The van der Waals surface area contributed by atoms with Gasteiger partial charge in [-0.15, -0.1) is 0 Å². The number of likely N-dealkylation sites (tertiary alicyclic amines) is 1. The van der Waals surface area contributed by atoms with Crippen LogP contribution >= 0.6 is 0 Å². The predicted molar refractivity (Wildman–Crippen MR) is 118 cm³/mol. The highest BCUT2D eigenvalue weighted by Gasteiger charge is 2.37. The van der Waals surface area contributed by atoms with Crippen LogP contribution in [0.15, 0.2) is 30.7 Å². The molecule has 0 aliphatic carbocycles.